The first-order valence-electron chi connectivity index (χ1n) is 10.6. The van der Waals surface area contributed by atoms with Crippen molar-refractivity contribution >= 4 is 50.3 Å². The lowest BCUT2D eigenvalue weighted by atomic mass is 9.95. The fraction of sp³-hybridized carbons (Fsp3) is 0.417. The van der Waals surface area contributed by atoms with E-state index in [4.69, 9.17) is 4.74 Å². The molecule has 0 aromatic heterocycles. The standard InChI is InChI=1S/C24H28BrIN2O3/c1-17(24(30)27-21-5-3-2-4-6-21)28(15-18-7-9-19(25)10-8-18)23(29)16-31-22-13-11-20(26)12-14-22/h7-14,17,21H,2-6,15-16H2,1H3,(H,27,30). The Kier molecular flexibility index (Phi) is 9.19. The summed E-state index contributed by atoms with van der Waals surface area (Å²) in [5.41, 5.74) is 0.961. The Hall–Kier alpha value is -1.61. The Morgan fingerprint density at radius 2 is 1.74 bits per heavy atom. The third kappa shape index (κ3) is 7.49. The van der Waals surface area contributed by atoms with Gasteiger partial charge in [0, 0.05) is 20.6 Å². The van der Waals surface area contributed by atoms with Crippen LogP contribution in [0.3, 0.4) is 0 Å². The number of nitrogens with one attached hydrogen (secondary N) is 1. The molecule has 0 aliphatic heterocycles. The van der Waals surface area contributed by atoms with E-state index >= 15 is 0 Å². The van der Waals surface area contributed by atoms with Crippen molar-refractivity contribution in [2.45, 2.75) is 57.7 Å². The summed E-state index contributed by atoms with van der Waals surface area (Å²) in [6, 6.07) is 14.9. The highest BCUT2D eigenvalue weighted by atomic mass is 127. The monoisotopic (exact) mass is 598 g/mol. The first-order chi connectivity index (χ1) is 14.9. The Morgan fingerprint density at radius 1 is 1.10 bits per heavy atom. The molecule has 0 bridgehead atoms. The van der Waals surface area contributed by atoms with Crippen LogP contribution in [0.2, 0.25) is 0 Å². The van der Waals surface area contributed by atoms with E-state index in [1.807, 2.05) is 48.5 Å². The van der Waals surface area contributed by atoms with E-state index in [0.717, 1.165) is 39.3 Å². The van der Waals surface area contributed by atoms with Crippen LogP contribution in [0.25, 0.3) is 0 Å². The summed E-state index contributed by atoms with van der Waals surface area (Å²) in [5.74, 6) is 0.316. The number of carbonyl (C=O) groups excluding carboxylic acids is 2. The van der Waals surface area contributed by atoms with Gasteiger partial charge in [0.05, 0.1) is 0 Å². The molecule has 7 heteroatoms. The van der Waals surface area contributed by atoms with Crippen molar-refractivity contribution in [2.75, 3.05) is 6.61 Å². The van der Waals surface area contributed by atoms with Crippen molar-refractivity contribution in [3.63, 3.8) is 0 Å². The Morgan fingerprint density at radius 3 is 2.39 bits per heavy atom. The first kappa shape index (κ1) is 24.0. The van der Waals surface area contributed by atoms with E-state index in [2.05, 4.69) is 43.8 Å². The summed E-state index contributed by atoms with van der Waals surface area (Å²) in [5, 5.41) is 3.15. The number of nitrogens with zero attached hydrogens (tertiary/aromatic N) is 1. The van der Waals surface area contributed by atoms with Gasteiger partial charge in [-0.05, 0) is 84.3 Å². The van der Waals surface area contributed by atoms with Gasteiger partial charge >= 0.3 is 0 Å². The molecule has 3 rings (SSSR count). The summed E-state index contributed by atoms with van der Waals surface area (Å²) in [4.78, 5) is 27.7. The number of ether oxygens (including phenoxy) is 1. The van der Waals surface area contributed by atoms with Gasteiger partial charge in [-0.1, -0.05) is 47.3 Å². The van der Waals surface area contributed by atoms with Crippen molar-refractivity contribution in [3.8, 4) is 5.75 Å². The van der Waals surface area contributed by atoms with Crippen LogP contribution in [-0.4, -0.2) is 35.4 Å². The lowest BCUT2D eigenvalue weighted by Crippen LogP contribution is -2.51. The third-order valence-electron chi connectivity index (χ3n) is 5.56. The van der Waals surface area contributed by atoms with E-state index in [-0.39, 0.29) is 24.5 Å². The van der Waals surface area contributed by atoms with Gasteiger partial charge in [-0.15, -0.1) is 0 Å². The summed E-state index contributed by atoms with van der Waals surface area (Å²) >= 11 is 5.66. The quantitative estimate of drug-likeness (QED) is 0.420. The van der Waals surface area contributed by atoms with Crippen molar-refractivity contribution in [1.82, 2.24) is 10.2 Å². The fourth-order valence-corrected chi connectivity index (χ4v) is 4.32. The molecule has 166 valence electrons. The van der Waals surface area contributed by atoms with Gasteiger partial charge < -0.3 is 15.0 Å². The van der Waals surface area contributed by atoms with Gasteiger partial charge in [-0.25, -0.2) is 0 Å². The van der Waals surface area contributed by atoms with Gasteiger partial charge in [-0.2, -0.15) is 0 Å². The molecule has 1 aliphatic rings. The van der Waals surface area contributed by atoms with Crippen LogP contribution >= 0.6 is 38.5 Å². The minimum absolute atomic E-state index is 0.105. The summed E-state index contributed by atoms with van der Waals surface area (Å²) in [6.45, 7) is 2.03. The highest BCUT2D eigenvalue weighted by Gasteiger charge is 2.28. The predicted octanol–water partition coefficient (Wildman–Crippen LogP) is 5.30. The fourth-order valence-electron chi connectivity index (χ4n) is 3.70. The maximum absolute atomic E-state index is 13.1. The normalized spacial score (nSPS) is 15.2. The Bertz CT molecular complexity index is 867. The molecule has 31 heavy (non-hydrogen) atoms. The van der Waals surface area contributed by atoms with E-state index in [1.165, 1.54) is 6.42 Å². The number of hydrogen-bond donors (Lipinski definition) is 1. The highest BCUT2D eigenvalue weighted by Crippen LogP contribution is 2.19. The average molecular weight is 599 g/mol. The number of amides is 2. The van der Waals surface area contributed by atoms with E-state index < -0.39 is 6.04 Å². The second-order valence-electron chi connectivity index (χ2n) is 7.91. The smallest absolute Gasteiger partial charge is 0.261 e. The molecule has 2 amide bonds. The molecule has 1 aliphatic carbocycles. The summed E-state index contributed by atoms with van der Waals surface area (Å²) in [6.07, 6.45) is 5.53. The minimum Gasteiger partial charge on any atom is -0.484 e. The van der Waals surface area contributed by atoms with E-state index in [0.29, 0.717) is 12.3 Å². The number of rotatable bonds is 8. The van der Waals surface area contributed by atoms with Gasteiger partial charge in [0.15, 0.2) is 6.61 Å². The molecule has 0 spiro atoms. The van der Waals surface area contributed by atoms with Crippen LogP contribution < -0.4 is 10.1 Å². The number of carbonyl (C=O) groups is 2. The molecule has 1 unspecified atom stereocenters. The van der Waals surface area contributed by atoms with Gasteiger partial charge in [0.1, 0.15) is 11.8 Å². The second-order valence-corrected chi connectivity index (χ2v) is 10.1. The highest BCUT2D eigenvalue weighted by molar-refractivity contribution is 14.1. The van der Waals surface area contributed by atoms with Crippen molar-refractivity contribution in [1.29, 1.82) is 0 Å². The molecule has 2 aromatic rings. The molecule has 2 aromatic carbocycles. The second kappa shape index (κ2) is 11.9. The number of hydrogen-bond acceptors (Lipinski definition) is 3. The van der Waals surface area contributed by atoms with E-state index in [9.17, 15) is 9.59 Å². The molecule has 1 fully saturated rings. The molecular weight excluding hydrogens is 571 g/mol. The van der Waals surface area contributed by atoms with Crippen LogP contribution in [0.4, 0.5) is 0 Å². The Labute approximate surface area is 206 Å². The van der Waals surface area contributed by atoms with E-state index in [1.54, 1.807) is 11.8 Å². The van der Waals surface area contributed by atoms with Crippen molar-refractivity contribution in [2.24, 2.45) is 0 Å². The lowest BCUT2D eigenvalue weighted by molar-refractivity contribution is -0.142. The molecule has 1 N–H and O–H groups in total. The topological polar surface area (TPSA) is 58.6 Å². The molecular formula is C24H28BrIN2O3. The Balaban J connectivity index is 1.69. The molecule has 1 atom stereocenters. The van der Waals surface area contributed by atoms with Crippen LogP contribution in [0.1, 0.15) is 44.6 Å². The van der Waals surface area contributed by atoms with Crippen LogP contribution in [0.5, 0.6) is 5.75 Å². The third-order valence-corrected chi connectivity index (χ3v) is 6.81. The van der Waals surface area contributed by atoms with Crippen molar-refractivity contribution in [3.05, 3.63) is 62.1 Å². The SMILES string of the molecule is CC(C(=O)NC1CCCCC1)N(Cc1ccc(Br)cc1)C(=O)COc1ccc(I)cc1. The van der Waals surface area contributed by atoms with Crippen LogP contribution in [0, 0.1) is 3.57 Å². The maximum Gasteiger partial charge on any atom is 0.261 e. The lowest BCUT2D eigenvalue weighted by Gasteiger charge is -2.31. The molecule has 0 radical (unpaired) electrons. The molecule has 5 nitrogen and oxygen atoms in total. The minimum atomic E-state index is -0.585. The summed E-state index contributed by atoms with van der Waals surface area (Å²) in [7, 11) is 0. The largest absolute Gasteiger partial charge is 0.484 e. The van der Waals surface area contributed by atoms with Gasteiger partial charge in [0.25, 0.3) is 5.91 Å². The number of halogens is 2. The first-order valence-corrected chi connectivity index (χ1v) is 12.5. The molecule has 1 saturated carbocycles. The van der Waals surface area contributed by atoms with Crippen LogP contribution in [-0.2, 0) is 16.1 Å². The summed E-state index contributed by atoms with van der Waals surface area (Å²) < 4.78 is 7.78. The number of benzene rings is 2. The average Bonchev–Trinajstić information content (AvgIpc) is 2.78. The zero-order valence-electron chi connectivity index (χ0n) is 17.7. The van der Waals surface area contributed by atoms with Gasteiger partial charge in [-0.3, -0.25) is 9.59 Å². The van der Waals surface area contributed by atoms with Crippen LogP contribution in [0.15, 0.2) is 53.0 Å². The molecule has 0 heterocycles. The predicted molar refractivity (Wildman–Crippen MR) is 134 cm³/mol. The van der Waals surface area contributed by atoms with Crippen molar-refractivity contribution < 1.29 is 14.3 Å². The zero-order valence-corrected chi connectivity index (χ0v) is 21.4. The zero-order chi connectivity index (χ0) is 22.2. The maximum atomic E-state index is 13.1. The molecule has 0 saturated heterocycles. The van der Waals surface area contributed by atoms with Gasteiger partial charge in [0.2, 0.25) is 5.91 Å².